The molecule has 0 spiro atoms. The van der Waals surface area contributed by atoms with Gasteiger partial charge in [-0.05, 0) is 44.7 Å². The zero-order chi connectivity index (χ0) is 12.4. The van der Waals surface area contributed by atoms with Gasteiger partial charge in [-0.1, -0.05) is 12.1 Å². The first-order valence-corrected chi connectivity index (χ1v) is 5.61. The Morgan fingerprint density at radius 2 is 2.00 bits per heavy atom. The number of hydrogen-bond donors (Lipinski definition) is 1. The molecule has 0 radical (unpaired) electrons. The second-order valence-corrected chi connectivity index (χ2v) is 4.15. The van der Waals surface area contributed by atoms with Crippen molar-refractivity contribution in [3.8, 4) is 0 Å². The smallest absolute Gasteiger partial charge is 0.123 e. The summed E-state index contributed by atoms with van der Waals surface area (Å²) in [6.07, 6.45) is 0. The molecular weight excluding hydrogens is 217 g/mol. The molecule has 1 N–H and O–H groups in total. The van der Waals surface area contributed by atoms with Gasteiger partial charge in [0.15, 0.2) is 0 Å². The van der Waals surface area contributed by atoms with E-state index < -0.39 is 0 Å². The number of hydrogen-bond acceptors (Lipinski definition) is 2. The van der Waals surface area contributed by atoms with Crippen LogP contribution >= 0.6 is 0 Å². The van der Waals surface area contributed by atoms with E-state index >= 15 is 0 Å². The van der Waals surface area contributed by atoms with Crippen LogP contribution in [0.3, 0.4) is 0 Å². The van der Waals surface area contributed by atoms with Crippen molar-refractivity contribution in [3.63, 3.8) is 0 Å². The molecule has 1 heterocycles. The monoisotopic (exact) mass is 233 g/mol. The lowest BCUT2D eigenvalue weighted by molar-refractivity contribution is 0.496. The van der Waals surface area contributed by atoms with Crippen LogP contribution in [0.15, 0.2) is 34.7 Å². The molecule has 0 fully saturated rings. The third kappa shape index (κ3) is 2.39. The summed E-state index contributed by atoms with van der Waals surface area (Å²) in [6.45, 7) is 3.83. The van der Waals surface area contributed by atoms with Crippen molar-refractivity contribution >= 4 is 0 Å². The molecule has 2 aromatic rings. The number of halogens is 1. The first-order valence-electron chi connectivity index (χ1n) is 5.61. The molecule has 0 amide bonds. The zero-order valence-corrected chi connectivity index (χ0v) is 10.3. The fourth-order valence-electron chi connectivity index (χ4n) is 2.12. The highest BCUT2D eigenvalue weighted by Crippen LogP contribution is 2.27. The highest BCUT2D eigenvalue weighted by atomic mass is 19.1. The Labute approximate surface area is 100 Å². The Morgan fingerprint density at radius 1 is 1.24 bits per heavy atom. The van der Waals surface area contributed by atoms with Crippen LogP contribution in [-0.4, -0.2) is 7.05 Å². The van der Waals surface area contributed by atoms with Gasteiger partial charge in [-0.15, -0.1) is 0 Å². The summed E-state index contributed by atoms with van der Waals surface area (Å²) in [6, 6.07) is 8.57. The minimum absolute atomic E-state index is 0.0388. The second-order valence-electron chi connectivity index (χ2n) is 4.15. The van der Waals surface area contributed by atoms with Gasteiger partial charge >= 0.3 is 0 Å². The van der Waals surface area contributed by atoms with Crippen LogP contribution < -0.4 is 5.32 Å². The molecule has 1 aromatic carbocycles. The van der Waals surface area contributed by atoms with E-state index in [1.807, 2.05) is 33.0 Å². The molecule has 1 atom stereocenters. The molecular formula is C14H16FNO. The molecule has 0 saturated heterocycles. The topological polar surface area (TPSA) is 25.2 Å². The normalized spacial score (nSPS) is 12.7. The van der Waals surface area contributed by atoms with Crippen LogP contribution in [0.25, 0.3) is 0 Å². The van der Waals surface area contributed by atoms with E-state index in [1.54, 1.807) is 12.1 Å². The van der Waals surface area contributed by atoms with Crippen LogP contribution in [0.4, 0.5) is 4.39 Å². The number of rotatable bonds is 3. The maximum absolute atomic E-state index is 13.2. The molecule has 0 aliphatic heterocycles. The lowest BCUT2D eigenvalue weighted by Crippen LogP contribution is -2.18. The van der Waals surface area contributed by atoms with E-state index in [-0.39, 0.29) is 11.9 Å². The van der Waals surface area contributed by atoms with E-state index in [9.17, 15) is 4.39 Å². The Bertz CT molecular complexity index is 519. The molecule has 17 heavy (non-hydrogen) atoms. The molecule has 1 aromatic heterocycles. The SMILES string of the molecule is CNC(c1cccc(F)c1)c1cc(C)oc1C. The molecule has 0 aliphatic rings. The van der Waals surface area contributed by atoms with E-state index in [0.29, 0.717) is 0 Å². The van der Waals surface area contributed by atoms with Gasteiger partial charge < -0.3 is 9.73 Å². The molecule has 1 unspecified atom stereocenters. The molecule has 0 aliphatic carbocycles. The van der Waals surface area contributed by atoms with Crippen molar-refractivity contribution in [2.75, 3.05) is 7.05 Å². The van der Waals surface area contributed by atoms with Crippen LogP contribution in [-0.2, 0) is 0 Å². The molecule has 0 saturated carbocycles. The molecule has 2 rings (SSSR count). The summed E-state index contributed by atoms with van der Waals surface area (Å²) in [4.78, 5) is 0. The van der Waals surface area contributed by atoms with Crippen molar-refractivity contribution in [1.82, 2.24) is 5.32 Å². The summed E-state index contributed by atoms with van der Waals surface area (Å²) < 4.78 is 18.7. The van der Waals surface area contributed by atoms with Gasteiger partial charge in [-0.2, -0.15) is 0 Å². The fraction of sp³-hybridized carbons (Fsp3) is 0.286. The third-order valence-electron chi connectivity index (χ3n) is 2.86. The predicted octanol–water partition coefficient (Wildman–Crippen LogP) is 3.34. The fourth-order valence-corrected chi connectivity index (χ4v) is 2.12. The summed E-state index contributed by atoms with van der Waals surface area (Å²) in [5.74, 6) is 1.51. The number of benzene rings is 1. The summed E-state index contributed by atoms with van der Waals surface area (Å²) in [7, 11) is 1.86. The van der Waals surface area contributed by atoms with E-state index in [2.05, 4.69) is 5.32 Å². The van der Waals surface area contributed by atoms with Crippen molar-refractivity contribution in [2.45, 2.75) is 19.9 Å². The second kappa shape index (κ2) is 4.72. The Kier molecular flexibility index (Phi) is 3.29. The minimum Gasteiger partial charge on any atom is -0.466 e. The van der Waals surface area contributed by atoms with Crippen LogP contribution in [0.1, 0.15) is 28.7 Å². The van der Waals surface area contributed by atoms with Gasteiger partial charge in [0.05, 0.1) is 6.04 Å². The standard InChI is InChI=1S/C14H16FNO/c1-9-7-13(10(2)17-9)14(16-3)11-5-4-6-12(15)8-11/h4-8,14,16H,1-3H3. The lowest BCUT2D eigenvalue weighted by atomic mass is 9.99. The number of nitrogens with one attached hydrogen (secondary N) is 1. The molecule has 90 valence electrons. The van der Waals surface area contributed by atoms with E-state index in [4.69, 9.17) is 4.42 Å². The largest absolute Gasteiger partial charge is 0.466 e. The molecule has 2 nitrogen and oxygen atoms in total. The van der Waals surface area contributed by atoms with Gasteiger partial charge in [-0.3, -0.25) is 0 Å². The average molecular weight is 233 g/mol. The van der Waals surface area contributed by atoms with Crippen molar-refractivity contribution in [3.05, 3.63) is 58.8 Å². The Hall–Kier alpha value is -1.61. The summed E-state index contributed by atoms with van der Waals surface area (Å²) >= 11 is 0. The zero-order valence-electron chi connectivity index (χ0n) is 10.3. The Morgan fingerprint density at radius 3 is 2.53 bits per heavy atom. The predicted molar refractivity (Wildman–Crippen MR) is 65.5 cm³/mol. The van der Waals surface area contributed by atoms with Gasteiger partial charge in [0.1, 0.15) is 17.3 Å². The van der Waals surface area contributed by atoms with Gasteiger partial charge in [0.25, 0.3) is 0 Å². The van der Waals surface area contributed by atoms with Crippen molar-refractivity contribution < 1.29 is 8.81 Å². The highest BCUT2D eigenvalue weighted by molar-refractivity contribution is 5.34. The maximum Gasteiger partial charge on any atom is 0.123 e. The van der Waals surface area contributed by atoms with Crippen LogP contribution in [0, 0.1) is 19.7 Å². The Balaban J connectivity index is 2.43. The van der Waals surface area contributed by atoms with Crippen molar-refractivity contribution in [1.29, 1.82) is 0 Å². The van der Waals surface area contributed by atoms with Gasteiger partial charge in [0, 0.05) is 5.56 Å². The first-order chi connectivity index (χ1) is 8.11. The number of furan rings is 1. The van der Waals surface area contributed by atoms with Gasteiger partial charge in [0.2, 0.25) is 0 Å². The van der Waals surface area contributed by atoms with Gasteiger partial charge in [-0.25, -0.2) is 4.39 Å². The summed E-state index contributed by atoms with van der Waals surface area (Å²) in [5, 5.41) is 3.19. The van der Waals surface area contributed by atoms with Crippen LogP contribution in [0.2, 0.25) is 0 Å². The van der Waals surface area contributed by atoms with E-state index in [1.165, 1.54) is 6.07 Å². The highest BCUT2D eigenvalue weighted by Gasteiger charge is 2.17. The average Bonchev–Trinajstić information content (AvgIpc) is 2.59. The third-order valence-corrected chi connectivity index (χ3v) is 2.86. The molecule has 0 bridgehead atoms. The quantitative estimate of drug-likeness (QED) is 0.879. The first kappa shape index (κ1) is 11.9. The number of aryl methyl sites for hydroxylation is 2. The maximum atomic E-state index is 13.2. The summed E-state index contributed by atoms with van der Waals surface area (Å²) in [5.41, 5.74) is 1.95. The lowest BCUT2D eigenvalue weighted by Gasteiger charge is -2.16. The van der Waals surface area contributed by atoms with Crippen molar-refractivity contribution in [2.24, 2.45) is 0 Å². The van der Waals surface area contributed by atoms with E-state index in [0.717, 1.165) is 22.6 Å². The minimum atomic E-state index is -0.222. The van der Waals surface area contributed by atoms with Crippen LogP contribution in [0.5, 0.6) is 0 Å². The molecule has 3 heteroatoms.